The number of phenolic OH excluding ortho intramolecular Hbond substituents is 2. The Labute approximate surface area is 115 Å². The normalized spacial score (nSPS) is 12.4. The first-order valence-corrected chi connectivity index (χ1v) is 5.91. The lowest BCUT2D eigenvalue weighted by Crippen LogP contribution is -2.09. The first kappa shape index (κ1) is 13.6. The lowest BCUT2D eigenvalue weighted by molar-refractivity contribution is -0.138. The number of carboxylic acids is 1. The van der Waals surface area contributed by atoms with Crippen molar-refractivity contribution in [2.24, 2.45) is 4.99 Å². The Kier molecular flexibility index (Phi) is 4.00. The maximum absolute atomic E-state index is 11.2. The molecule has 102 valence electrons. The van der Waals surface area contributed by atoms with Crippen molar-refractivity contribution in [1.82, 2.24) is 0 Å². The molecule has 2 rings (SSSR count). The summed E-state index contributed by atoms with van der Waals surface area (Å²) >= 11 is 0. The van der Waals surface area contributed by atoms with E-state index in [1.807, 2.05) is 0 Å². The van der Waals surface area contributed by atoms with E-state index in [0.717, 1.165) is 0 Å². The van der Waals surface area contributed by atoms with Gasteiger partial charge >= 0.3 is 5.97 Å². The molecule has 0 spiro atoms. The van der Waals surface area contributed by atoms with E-state index >= 15 is 0 Å². The molecule has 0 aromatic heterocycles. The minimum Gasteiger partial charge on any atom is -0.508 e. The molecular weight excluding hydrogens is 258 g/mol. The van der Waals surface area contributed by atoms with E-state index in [9.17, 15) is 20.1 Å². The summed E-state index contributed by atoms with van der Waals surface area (Å²) in [6.45, 7) is 0. The highest BCUT2D eigenvalue weighted by Gasteiger charge is 2.17. The lowest BCUT2D eigenvalue weighted by Gasteiger charge is -2.07. The number of benzene rings is 2. The van der Waals surface area contributed by atoms with Crippen molar-refractivity contribution in [3.05, 3.63) is 59.7 Å². The van der Waals surface area contributed by atoms with E-state index < -0.39 is 12.0 Å². The van der Waals surface area contributed by atoms with Gasteiger partial charge in [-0.3, -0.25) is 4.99 Å². The monoisotopic (exact) mass is 271 g/mol. The second kappa shape index (κ2) is 5.88. The lowest BCUT2D eigenvalue weighted by atomic mass is 10.1. The smallest absolute Gasteiger partial charge is 0.333 e. The van der Waals surface area contributed by atoms with Gasteiger partial charge in [0.25, 0.3) is 0 Å². The highest BCUT2D eigenvalue weighted by atomic mass is 16.4. The highest BCUT2D eigenvalue weighted by Crippen LogP contribution is 2.22. The van der Waals surface area contributed by atoms with E-state index in [2.05, 4.69) is 4.99 Å². The predicted octanol–water partition coefficient (Wildman–Crippen LogP) is 2.34. The third-order valence-electron chi connectivity index (χ3n) is 2.73. The number of hydrogen-bond acceptors (Lipinski definition) is 4. The Morgan fingerprint density at radius 2 is 1.80 bits per heavy atom. The number of aromatic hydroxyl groups is 2. The number of carbonyl (C=O) groups is 1. The van der Waals surface area contributed by atoms with Crippen LogP contribution in [0, 0.1) is 0 Å². The second-order valence-corrected chi connectivity index (χ2v) is 4.17. The van der Waals surface area contributed by atoms with E-state index in [1.54, 1.807) is 30.3 Å². The average molecular weight is 271 g/mol. The molecule has 1 atom stereocenters. The molecule has 0 saturated heterocycles. The summed E-state index contributed by atoms with van der Waals surface area (Å²) in [4.78, 5) is 15.2. The molecule has 3 N–H and O–H groups in total. The summed E-state index contributed by atoms with van der Waals surface area (Å²) in [5.41, 5.74) is 0.888. The molecule has 0 aliphatic rings. The van der Waals surface area contributed by atoms with Crippen molar-refractivity contribution in [3.63, 3.8) is 0 Å². The van der Waals surface area contributed by atoms with Crippen LogP contribution in [0.15, 0.2) is 53.5 Å². The molecule has 0 bridgehead atoms. The Bertz CT molecular complexity index is 638. The van der Waals surface area contributed by atoms with E-state index in [4.69, 9.17) is 0 Å². The molecule has 0 saturated carbocycles. The summed E-state index contributed by atoms with van der Waals surface area (Å²) < 4.78 is 0. The van der Waals surface area contributed by atoms with Crippen molar-refractivity contribution in [2.75, 3.05) is 0 Å². The number of rotatable bonds is 4. The number of nitrogens with zero attached hydrogens (tertiary/aromatic N) is 1. The maximum atomic E-state index is 11.2. The number of phenols is 2. The summed E-state index contributed by atoms with van der Waals surface area (Å²) in [6, 6.07) is 11.6. The summed E-state index contributed by atoms with van der Waals surface area (Å²) in [7, 11) is 0. The number of aliphatic carboxylic acids is 1. The van der Waals surface area contributed by atoms with E-state index in [-0.39, 0.29) is 11.5 Å². The van der Waals surface area contributed by atoms with Crippen LogP contribution < -0.4 is 0 Å². The van der Waals surface area contributed by atoms with Crippen molar-refractivity contribution in [3.8, 4) is 11.5 Å². The molecular formula is C15H13NO4. The van der Waals surface area contributed by atoms with Crippen molar-refractivity contribution < 1.29 is 20.1 Å². The van der Waals surface area contributed by atoms with Gasteiger partial charge in [0.1, 0.15) is 11.5 Å². The van der Waals surface area contributed by atoms with Gasteiger partial charge in [-0.15, -0.1) is 0 Å². The van der Waals surface area contributed by atoms with Gasteiger partial charge in [-0.2, -0.15) is 0 Å². The zero-order valence-corrected chi connectivity index (χ0v) is 10.5. The van der Waals surface area contributed by atoms with Crippen LogP contribution in [-0.4, -0.2) is 27.5 Å². The van der Waals surface area contributed by atoms with Crippen LogP contribution in [-0.2, 0) is 4.79 Å². The predicted molar refractivity (Wildman–Crippen MR) is 74.2 cm³/mol. The summed E-state index contributed by atoms with van der Waals surface area (Å²) in [6.07, 6.45) is 1.28. The van der Waals surface area contributed by atoms with Crippen LogP contribution in [0.25, 0.3) is 0 Å². The SMILES string of the molecule is O=C(O)[C@@H](N=Cc1ccc(O)cc1O)c1ccccc1. The third kappa shape index (κ3) is 3.14. The summed E-state index contributed by atoms with van der Waals surface area (Å²) in [5.74, 6) is -1.31. The van der Waals surface area contributed by atoms with Gasteiger partial charge in [0.2, 0.25) is 0 Å². The van der Waals surface area contributed by atoms with Gasteiger partial charge in [-0.25, -0.2) is 4.79 Å². The Morgan fingerprint density at radius 3 is 2.40 bits per heavy atom. The molecule has 0 aliphatic heterocycles. The van der Waals surface area contributed by atoms with Crippen LogP contribution in [0.1, 0.15) is 17.2 Å². The van der Waals surface area contributed by atoms with Gasteiger partial charge in [0.05, 0.1) is 0 Å². The van der Waals surface area contributed by atoms with Crippen molar-refractivity contribution in [2.45, 2.75) is 6.04 Å². The van der Waals surface area contributed by atoms with Crippen molar-refractivity contribution >= 4 is 12.2 Å². The molecule has 2 aromatic rings. The Morgan fingerprint density at radius 1 is 1.10 bits per heavy atom. The fourth-order valence-electron chi connectivity index (χ4n) is 1.72. The zero-order chi connectivity index (χ0) is 14.5. The van der Waals surface area contributed by atoms with Gasteiger partial charge < -0.3 is 15.3 Å². The highest BCUT2D eigenvalue weighted by molar-refractivity contribution is 5.86. The molecule has 0 unspecified atom stereocenters. The van der Waals surface area contributed by atoms with Gasteiger partial charge in [0.15, 0.2) is 6.04 Å². The average Bonchev–Trinajstić information content (AvgIpc) is 2.42. The maximum Gasteiger partial charge on any atom is 0.333 e. The van der Waals surface area contributed by atoms with Crippen LogP contribution in [0.2, 0.25) is 0 Å². The van der Waals surface area contributed by atoms with Crippen LogP contribution in [0.4, 0.5) is 0 Å². The quantitative estimate of drug-likeness (QED) is 0.744. The van der Waals surface area contributed by atoms with Crippen LogP contribution in [0.3, 0.4) is 0 Å². The molecule has 0 fully saturated rings. The molecule has 0 heterocycles. The number of hydrogen-bond donors (Lipinski definition) is 3. The minimum absolute atomic E-state index is 0.0718. The molecule has 5 nitrogen and oxygen atoms in total. The fourth-order valence-corrected chi connectivity index (χ4v) is 1.72. The zero-order valence-electron chi connectivity index (χ0n) is 10.5. The van der Waals surface area contributed by atoms with Gasteiger partial charge in [-0.05, 0) is 17.7 Å². The van der Waals surface area contributed by atoms with Gasteiger partial charge in [-0.1, -0.05) is 30.3 Å². The largest absolute Gasteiger partial charge is 0.508 e. The summed E-state index contributed by atoms with van der Waals surface area (Å²) in [5, 5.41) is 28.0. The first-order valence-electron chi connectivity index (χ1n) is 5.91. The molecule has 20 heavy (non-hydrogen) atoms. The van der Waals surface area contributed by atoms with Crippen molar-refractivity contribution in [1.29, 1.82) is 0 Å². The molecule has 0 radical (unpaired) electrons. The standard InChI is InChI=1S/C15H13NO4/c17-12-7-6-11(13(18)8-12)9-16-14(15(19)20)10-4-2-1-3-5-10/h1-9,14,17-18H,(H,19,20)/t14-/m0/s1. The number of carboxylic acid groups (broad SMARTS) is 1. The minimum atomic E-state index is -1.08. The molecule has 2 aromatic carbocycles. The fraction of sp³-hybridized carbons (Fsp3) is 0.0667. The Hall–Kier alpha value is -2.82. The van der Waals surface area contributed by atoms with Crippen LogP contribution >= 0.6 is 0 Å². The molecule has 0 aliphatic carbocycles. The molecule has 0 amide bonds. The second-order valence-electron chi connectivity index (χ2n) is 4.17. The Balaban J connectivity index is 2.29. The van der Waals surface area contributed by atoms with E-state index in [1.165, 1.54) is 24.4 Å². The third-order valence-corrected chi connectivity index (χ3v) is 2.73. The van der Waals surface area contributed by atoms with E-state index in [0.29, 0.717) is 11.1 Å². The van der Waals surface area contributed by atoms with Crippen LogP contribution in [0.5, 0.6) is 11.5 Å². The topological polar surface area (TPSA) is 90.1 Å². The van der Waals surface area contributed by atoms with Gasteiger partial charge in [0, 0.05) is 17.8 Å². The first-order chi connectivity index (χ1) is 9.58. The molecule has 5 heteroatoms. The number of aliphatic imine (C=N–C) groups is 1.